The molecule has 0 spiro atoms. The van der Waals surface area contributed by atoms with Crippen LogP contribution in [-0.2, 0) is 41.6 Å². The van der Waals surface area contributed by atoms with Crippen molar-refractivity contribution >= 4 is 29.2 Å². The maximum absolute atomic E-state index is 13.0. The molecule has 5 atom stereocenters. The number of carbonyl (C=O) groups is 1. The second kappa shape index (κ2) is 16.2. The predicted molar refractivity (Wildman–Crippen MR) is 155 cm³/mol. The molecular weight excluding hydrogens is 569 g/mol. The second-order valence-electron chi connectivity index (χ2n) is 9.49. The molecule has 3 aromatic rings. The smallest absolute Gasteiger partial charge is 0.340 e. The molecule has 1 aromatic heterocycles. The van der Waals surface area contributed by atoms with Crippen LogP contribution in [0.15, 0.2) is 73.1 Å². The number of esters is 1. The Morgan fingerprint density at radius 2 is 1.61 bits per heavy atom. The lowest BCUT2D eigenvalue weighted by atomic mass is 10.1. The Morgan fingerprint density at radius 1 is 0.927 bits per heavy atom. The van der Waals surface area contributed by atoms with Crippen molar-refractivity contribution < 1.29 is 33.2 Å². The van der Waals surface area contributed by atoms with Crippen LogP contribution in [0.5, 0.6) is 0 Å². The van der Waals surface area contributed by atoms with Crippen LogP contribution in [-0.4, -0.2) is 61.5 Å². The number of halogens is 2. The Kier molecular flexibility index (Phi) is 12.4. The molecule has 1 aliphatic rings. The maximum atomic E-state index is 13.0. The summed E-state index contributed by atoms with van der Waals surface area (Å²) in [5.41, 5.74) is 2.22. The quantitative estimate of drug-likeness (QED) is 0.188. The van der Waals surface area contributed by atoms with E-state index in [1.54, 1.807) is 18.3 Å². The number of benzene rings is 2. The Morgan fingerprint density at radius 3 is 2.22 bits per heavy atom. The third-order valence-corrected chi connectivity index (χ3v) is 6.90. The zero-order valence-electron chi connectivity index (χ0n) is 23.1. The summed E-state index contributed by atoms with van der Waals surface area (Å²) in [6.07, 6.45) is 0.218. The number of nitrogens with zero attached hydrogens (tertiary/aromatic N) is 1. The van der Waals surface area contributed by atoms with Crippen LogP contribution in [0, 0.1) is 0 Å². The summed E-state index contributed by atoms with van der Waals surface area (Å²) < 4.78 is 36.9. The number of carbonyl (C=O) groups excluding carboxylic acids is 1. The Hall–Kier alpha value is -2.56. The molecule has 8 nitrogen and oxygen atoms in total. The van der Waals surface area contributed by atoms with E-state index in [0.29, 0.717) is 35.4 Å². The van der Waals surface area contributed by atoms with Gasteiger partial charge in [-0.15, -0.1) is 0 Å². The standard InChI is InChI=1S/C31H35Cl2NO7/c1-3-16-38-28-27(41-31(37-4-2)29(28)40-30(35)23-6-5-15-34-17-23)26(39-19-22-9-13-25(33)14-10-22)20-36-18-21-7-11-24(32)12-8-21/h5-15,17,26-29,31H,3-4,16,18-20H2,1-2H3/t26-,27-,28+,29-,31?/m1/s1. The molecule has 0 bridgehead atoms. The van der Waals surface area contributed by atoms with Gasteiger partial charge < -0.3 is 28.4 Å². The molecule has 0 N–H and O–H groups in total. The topological polar surface area (TPSA) is 85.3 Å². The van der Waals surface area contributed by atoms with Crippen molar-refractivity contribution in [2.24, 2.45) is 0 Å². The number of hydrogen-bond acceptors (Lipinski definition) is 8. The van der Waals surface area contributed by atoms with Crippen LogP contribution in [0.4, 0.5) is 0 Å². The van der Waals surface area contributed by atoms with E-state index in [9.17, 15) is 4.79 Å². The summed E-state index contributed by atoms with van der Waals surface area (Å²) in [7, 11) is 0. The van der Waals surface area contributed by atoms with E-state index in [1.807, 2.05) is 62.4 Å². The van der Waals surface area contributed by atoms with E-state index >= 15 is 0 Å². The van der Waals surface area contributed by atoms with E-state index in [1.165, 1.54) is 6.20 Å². The monoisotopic (exact) mass is 603 g/mol. The molecule has 2 heterocycles. The van der Waals surface area contributed by atoms with Crippen LogP contribution in [0.3, 0.4) is 0 Å². The van der Waals surface area contributed by atoms with E-state index in [2.05, 4.69) is 4.98 Å². The third-order valence-electron chi connectivity index (χ3n) is 6.40. The minimum absolute atomic E-state index is 0.189. The highest BCUT2D eigenvalue weighted by Gasteiger charge is 2.52. The Labute approximate surface area is 250 Å². The highest BCUT2D eigenvalue weighted by Crippen LogP contribution is 2.32. The van der Waals surface area contributed by atoms with Gasteiger partial charge in [-0.05, 0) is 60.9 Å². The molecule has 4 rings (SSSR count). The zero-order valence-corrected chi connectivity index (χ0v) is 24.6. The van der Waals surface area contributed by atoms with Gasteiger partial charge in [-0.3, -0.25) is 4.98 Å². The third kappa shape index (κ3) is 9.21. The van der Waals surface area contributed by atoms with Crippen LogP contribution in [0.1, 0.15) is 41.8 Å². The predicted octanol–water partition coefficient (Wildman–Crippen LogP) is 6.27. The van der Waals surface area contributed by atoms with Crippen molar-refractivity contribution in [1.29, 1.82) is 0 Å². The van der Waals surface area contributed by atoms with Gasteiger partial charge in [0, 0.05) is 35.7 Å². The minimum Gasteiger partial charge on any atom is -0.450 e. The van der Waals surface area contributed by atoms with Gasteiger partial charge in [0.15, 0.2) is 12.4 Å². The fourth-order valence-corrected chi connectivity index (χ4v) is 4.64. The van der Waals surface area contributed by atoms with Crippen molar-refractivity contribution in [2.45, 2.75) is 64.2 Å². The van der Waals surface area contributed by atoms with Crippen LogP contribution in [0.25, 0.3) is 0 Å². The first kappa shape index (κ1) is 31.4. The summed E-state index contributed by atoms with van der Waals surface area (Å²) in [5.74, 6) is -0.542. The summed E-state index contributed by atoms with van der Waals surface area (Å²) in [5, 5.41) is 1.30. The molecule has 1 unspecified atom stereocenters. The van der Waals surface area contributed by atoms with E-state index in [-0.39, 0.29) is 13.2 Å². The minimum atomic E-state index is -0.856. The average Bonchev–Trinajstić information content (AvgIpc) is 3.32. The number of hydrogen-bond donors (Lipinski definition) is 0. The largest absolute Gasteiger partial charge is 0.450 e. The molecule has 10 heteroatoms. The van der Waals surface area contributed by atoms with Crippen molar-refractivity contribution in [2.75, 3.05) is 19.8 Å². The van der Waals surface area contributed by atoms with Crippen LogP contribution >= 0.6 is 23.2 Å². The lowest BCUT2D eigenvalue weighted by Crippen LogP contribution is -2.45. The molecule has 1 aliphatic heterocycles. The number of aromatic nitrogens is 1. The van der Waals surface area contributed by atoms with E-state index in [4.69, 9.17) is 51.6 Å². The first-order valence-electron chi connectivity index (χ1n) is 13.7. The first-order chi connectivity index (χ1) is 20.0. The Balaban J connectivity index is 1.55. The van der Waals surface area contributed by atoms with Gasteiger partial charge in [0.25, 0.3) is 0 Å². The molecule has 2 aromatic carbocycles. The van der Waals surface area contributed by atoms with Gasteiger partial charge in [-0.1, -0.05) is 54.4 Å². The fourth-order valence-electron chi connectivity index (χ4n) is 4.39. The van der Waals surface area contributed by atoms with Gasteiger partial charge >= 0.3 is 5.97 Å². The van der Waals surface area contributed by atoms with Gasteiger partial charge in [0.2, 0.25) is 0 Å². The van der Waals surface area contributed by atoms with Crippen molar-refractivity contribution in [3.63, 3.8) is 0 Å². The molecule has 0 radical (unpaired) electrons. The lowest BCUT2D eigenvalue weighted by molar-refractivity contribution is -0.189. The molecule has 1 saturated heterocycles. The molecule has 1 fully saturated rings. The highest BCUT2D eigenvalue weighted by atomic mass is 35.5. The van der Waals surface area contributed by atoms with Gasteiger partial charge in [-0.2, -0.15) is 0 Å². The summed E-state index contributed by atoms with van der Waals surface area (Å²) in [6.45, 7) is 5.45. The zero-order chi connectivity index (χ0) is 29.0. The average molecular weight is 605 g/mol. The molecular formula is C31H35Cl2NO7. The van der Waals surface area contributed by atoms with Crippen molar-refractivity contribution in [1.82, 2.24) is 4.98 Å². The SMILES string of the molecule is CCCO[C@H]1[C@@H]([C@@H](COCc2ccc(Cl)cc2)OCc2ccc(Cl)cc2)OC(OCC)[C@@H]1OC(=O)c1cccnc1. The highest BCUT2D eigenvalue weighted by molar-refractivity contribution is 6.30. The van der Waals surface area contributed by atoms with E-state index < -0.39 is 36.7 Å². The number of rotatable bonds is 15. The molecule has 0 saturated carbocycles. The molecule has 0 amide bonds. The van der Waals surface area contributed by atoms with E-state index in [0.717, 1.165) is 17.5 Å². The van der Waals surface area contributed by atoms with Crippen molar-refractivity contribution in [3.05, 3.63) is 99.8 Å². The van der Waals surface area contributed by atoms with Gasteiger partial charge in [0.1, 0.15) is 18.3 Å². The summed E-state index contributed by atoms with van der Waals surface area (Å²) in [6, 6.07) is 18.2. The van der Waals surface area contributed by atoms with Gasteiger partial charge in [0.05, 0.1) is 25.4 Å². The Bertz CT molecular complexity index is 1200. The normalized spacial score (nSPS) is 21.1. The molecule has 0 aliphatic carbocycles. The molecule has 220 valence electrons. The summed E-state index contributed by atoms with van der Waals surface area (Å²) in [4.78, 5) is 17.1. The summed E-state index contributed by atoms with van der Waals surface area (Å²) >= 11 is 12.1. The lowest BCUT2D eigenvalue weighted by Gasteiger charge is -2.29. The first-order valence-corrected chi connectivity index (χ1v) is 14.4. The number of ether oxygens (including phenoxy) is 6. The fraction of sp³-hybridized carbons (Fsp3) is 0.419. The van der Waals surface area contributed by atoms with Crippen LogP contribution in [0.2, 0.25) is 10.0 Å². The van der Waals surface area contributed by atoms with Crippen LogP contribution < -0.4 is 0 Å². The number of pyridine rings is 1. The van der Waals surface area contributed by atoms with Crippen molar-refractivity contribution in [3.8, 4) is 0 Å². The maximum Gasteiger partial charge on any atom is 0.340 e. The second-order valence-corrected chi connectivity index (χ2v) is 10.4. The molecule has 41 heavy (non-hydrogen) atoms. The van der Waals surface area contributed by atoms with Gasteiger partial charge in [-0.25, -0.2) is 4.79 Å².